The number of nitrogens with zero attached hydrogens (tertiary/aromatic N) is 1. The summed E-state index contributed by atoms with van der Waals surface area (Å²) in [7, 11) is 0. The topological polar surface area (TPSA) is 64.4 Å². The maximum Gasteiger partial charge on any atom is 0.262 e. The minimum atomic E-state index is -0.268. The van der Waals surface area contributed by atoms with Gasteiger partial charge in [-0.1, -0.05) is 17.7 Å². The lowest BCUT2D eigenvalue weighted by Crippen LogP contribution is -2.20. The van der Waals surface area contributed by atoms with Gasteiger partial charge in [0.2, 0.25) is 5.89 Å². The molecule has 0 bridgehead atoms. The molecule has 28 heavy (non-hydrogen) atoms. The van der Waals surface area contributed by atoms with Gasteiger partial charge in [0, 0.05) is 19.8 Å². The van der Waals surface area contributed by atoms with Gasteiger partial charge in [-0.3, -0.25) is 4.79 Å². The number of nitrogens with one attached hydrogen (secondary N) is 1. The van der Waals surface area contributed by atoms with Gasteiger partial charge in [-0.2, -0.15) is 0 Å². The SMILES string of the molecule is O=C(COc1ccc(Cl)cc1)Nc1ccc2oc(-c3cccc(I)c3)nc2c1. The quantitative estimate of drug-likeness (QED) is 0.351. The Morgan fingerprint density at radius 1 is 1.11 bits per heavy atom. The molecule has 0 fully saturated rings. The van der Waals surface area contributed by atoms with Crippen LogP contribution in [0.25, 0.3) is 22.6 Å². The van der Waals surface area contributed by atoms with Crippen molar-refractivity contribution in [3.05, 3.63) is 75.3 Å². The first kappa shape index (κ1) is 18.8. The van der Waals surface area contributed by atoms with Crippen LogP contribution in [0.3, 0.4) is 0 Å². The largest absolute Gasteiger partial charge is 0.484 e. The number of carbonyl (C=O) groups excluding carboxylic acids is 1. The van der Waals surface area contributed by atoms with Gasteiger partial charge in [-0.25, -0.2) is 4.98 Å². The van der Waals surface area contributed by atoms with E-state index in [0.717, 1.165) is 9.13 Å². The zero-order chi connectivity index (χ0) is 19.5. The van der Waals surface area contributed by atoms with Crippen molar-refractivity contribution in [3.63, 3.8) is 0 Å². The van der Waals surface area contributed by atoms with Crippen LogP contribution in [-0.4, -0.2) is 17.5 Å². The summed E-state index contributed by atoms with van der Waals surface area (Å²) in [5.74, 6) is 0.854. The Kier molecular flexibility index (Phi) is 5.50. The third-order valence-electron chi connectivity index (χ3n) is 3.93. The molecule has 1 aromatic heterocycles. The fourth-order valence-electron chi connectivity index (χ4n) is 2.63. The molecule has 1 heterocycles. The second kappa shape index (κ2) is 8.20. The number of hydrogen-bond donors (Lipinski definition) is 1. The smallest absolute Gasteiger partial charge is 0.262 e. The van der Waals surface area contributed by atoms with Gasteiger partial charge in [0.15, 0.2) is 12.2 Å². The van der Waals surface area contributed by atoms with Gasteiger partial charge in [0.05, 0.1) is 0 Å². The van der Waals surface area contributed by atoms with Crippen LogP contribution in [0.1, 0.15) is 0 Å². The Morgan fingerprint density at radius 3 is 2.71 bits per heavy atom. The molecule has 140 valence electrons. The van der Waals surface area contributed by atoms with E-state index in [2.05, 4.69) is 32.9 Å². The average Bonchev–Trinajstić information content (AvgIpc) is 3.11. The molecule has 5 nitrogen and oxygen atoms in total. The number of amides is 1. The van der Waals surface area contributed by atoms with E-state index in [1.54, 1.807) is 42.5 Å². The first-order chi connectivity index (χ1) is 13.6. The molecule has 1 N–H and O–H groups in total. The minimum Gasteiger partial charge on any atom is -0.484 e. The molecule has 0 saturated carbocycles. The predicted molar refractivity (Wildman–Crippen MR) is 118 cm³/mol. The van der Waals surface area contributed by atoms with Gasteiger partial charge in [-0.05, 0) is 83.3 Å². The average molecular weight is 505 g/mol. The monoisotopic (exact) mass is 504 g/mol. The molecule has 0 aliphatic carbocycles. The second-order valence-corrected chi connectivity index (χ2v) is 7.68. The Labute approximate surface area is 179 Å². The van der Waals surface area contributed by atoms with Crippen LogP contribution in [-0.2, 0) is 4.79 Å². The normalized spacial score (nSPS) is 10.8. The number of ether oxygens (including phenoxy) is 1. The van der Waals surface area contributed by atoms with E-state index < -0.39 is 0 Å². The highest BCUT2D eigenvalue weighted by atomic mass is 127. The van der Waals surface area contributed by atoms with Crippen molar-refractivity contribution < 1.29 is 13.9 Å². The highest BCUT2D eigenvalue weighted by Gasteiger charge is 2.10. The number of fused-ring (bicyclic) bond motifs is 1. The summed E-state index contributed by atoms with van der Waals surface area (Å²) in [6.07, 6.45) is 0. The lowest BCUT2D eigenvalue weighted by molar-refractivity contribution is -0.118. The van der Waals surface area contributed by atoms with Crippen LogP contribution in [0.2, 0.25) is 5.02 Å². The number of benzene rings is 3. The molecule has 0 aliphatic rings. The number of hydrogen-bond acceptors (Lipinski definition) is 4. The maximum atomic E-state index is 12.1. The van der Waals surface area contributed by atoms with Crippen molar-refractivity contribution in [1.29, 1.82) is 0 Å². The van der Waals surface area contributed by atoms with E-state index in [1.807, 2.05) is 24.3 Å². The highest BCUT2D eigenvalue weighted by molar-refractivity contribution is 14.1. The summed E-state index contributed by atoms with van der Waals surface area (Å²) < 4.78 is 12.4. The number of rotatable bonds is 5. The fraction of sp³-hybridized carbons (Fsp3) is 0.0476. The van der Waals surface area contributed by atoms with E-state index in [0.29, 0.717) is 33.4 Å². The Bertz CT molecular complexity index is 1140. The predicted octanol–water partition coefficient (Wildman–Crippen LogP) is 5.77. The number of anilines is 1. The Morgan fingerprint density at radius 2 is 1.93 bits per heavy atom. The molecule has 0 spiro atoms. The van der Waals surface area contributed by atoms with Crippen molar-refractivity contribution >= 4 is 56.9 Å². The van der Waals surface area contributed by atoms with Crippen LogP contribution in [0, 0.1) is 3.57 Å². The number of oxazole rings is 1. The van der Waals surface area contributed by atoms with Crippen LogP contribution < -0.4 is 10.1 Å². The van der Waals surface area contributed by atoms with Crippen molar-refractivity contribution in [2.75, 3.05) is 11.9 Å². The third kappa shape index (κ3) is 4.45. The van der Waals surface area contributed by atoms with E-state index in [4.69, 9.17) is 20.8 Å². The van der Waals surface area contributed by atoms with Gasteiger partial charge < -0.3 is 14.5 Å². The van der Waals surface area contributed by atoms with Crippen molar-refractivity contribution in [1.82, 2.24) is 4.98 Å². The number of halogens is 2. The molecule has 4 aromatic rings. The fourth-order valence-corrected chi connectivity index (χ4v) is 3.30. The second-order valence-electron chi connectivity index (χ2n) is 6.00. The van der Waals surface area contributed by atoms with Gasteiger partial charge in [0.25, 0.3) is 5.91 Å². The van der Waals surface area contributed by atoms with Crippen LogP contribution in [0.5, 0.6) is 5.75 Å². The summed E-state index contributed by atoms with van der Waals surface area (Å²) in [6, 6.07) is 20.1. The Balaban J connectivity index is 1.45. The minimum absolute atomic E-state index is 0.105. The highest BCUT2D eigenvalue weighted by Crippen LogP contribution is 2.27. The van der Waals surface area contributed by atoms with Crippen molar-refractivity contribution in [2.24, 2.45) is 0 Å². The summed E-state index contributed by atoms with van der Waals surface area (Å²) >= 11 is 8.08. The van der Waals surface area contributed by atoms with Crippen molar-refractivity contribution in [2.45, 2.75) is 0 Å². The van der Waals surface area contributed by atoms with Gasteiger partial charge >= 0.3 is 0 Å². The molecule has 7 heteroatoms. The molecule has 0 radical (unpaired) electrons. The van der Waals surface area contributed by atoms with E-state index in [-0.39, 0.29) is 12.5 Å². The summed E-state index contributed by atoms with van der Waals surface area (Å²) in [5, 5.41) is 3.41. The summed E-state index contributed by atoms with van der Waals surface area (Å²) in [6.45, 7) is -0.105. The molecule has 0 atom stereocenters. The summed E-state index contributed by atoms with van der Waals surface area (Å²) in [5.41, 5.74) is 2.86. The van der Waals surface area contributed by atoms with E-state index >= 15 is 0 Å². The molecule has 0 aliphatic heterocycles. The van der Waals surface area contributed by atoms with Crippen LogP contribution in [0.15, 0.2) is 71.1 Å². The lowest BCUT2D eigenvalue weighted by atomic mass is 10.2. The summed E-state index contributed by atoms with van der Waals surface area (Å²) in [4.78, 5) is 16.7. The third-order valence-corrected chi connectivity index (χ3v) is 4.85. The first-order valence-corrected chi connectivity index (χ1v) is 9.87. The van der Waals surface area contributed by atoms with E-state index in [9.17, 15) is 4.79 Å². The molecular formula is C21H14ClIN2O3. The Hall–Kier alpha value is -2.58. The zero-order valence-electron chi connectivity index (χ0n) is 14.5. The van der Waals surface area contributed by atoms with Crippen molar-refractivity contribution in [3.8, 4) is 17.2 Å². The van der Waals surface area contributed by atoms with Gasteiger partial charge in [-0.15, -0.1) is 0 Å². The number of aromatic nitrogens is 1. The maximum absolute atomic E-state index is 12.1. The van der Waals surface area contributed by atoms with Crippen LogP contribution in [0.4, 0.5) is 5.69 Å². The van der Waals surface area contributed by atoms with Gasteiger partial charge in [0.1, 0.15) is 11.3 Å². The zero-order valence-corrected chi connectivity index (χ0v) is 17.4. The van der Waals surface area contributed by atoms with Crippen LogP contribution >= 0.6 is 34.2 Å². The van der Waals surface area contributed by atoms with E-state index in [1.165, 1.54) is 0 Å². The lowest BCUT2D eigenvalue weighted by Gasteiger charge is -2.07. The standard InChI is InChI=1S/C21H14ClIN2O3/c22-14-4-7-17(8-5-14)27-12-20(26)24-16-6-9-19-18(11-16)25-21(28-19)13-2-1-3-15(23)10-13/h1-11H,12H2,(H,24,26). The number of carbonyl (C=O) groups is 1. The molecule has 0 saturated heterocycles. The first-order valence-electron chi connectivity index (χ1n) is 8.41. The molecule has 1 amide bonds. The molecule has 4 rings (SSSR count). The molecule has 0 unspecified atom stereocenters. The molecular weight excluding hydrogens is 491 g/mol. The molecule has 3 aromatic carbocycles.